The summed E-state index contributed by atoms with van der Waals surface area (Å²) >= 11 is 1.37. The number of nitrogens with zero attached hydrogens (tertiary/aromatic N) is 1. The first-order chi connectivity index (χ1) is 9.58. The first-order valence-electron chi connectivity index (χ1n) is 6.21. The molecule has 0 saturated heterocycles. The summed E-state index contributed by atoms with van der Waals surface area (Å²) in [5, 5.41) is 14.1. The molecule has 3 N–H and O–H groups in total. The molecular weight excluding hydrogens is 276 g/mol. The maximum absolute atomic E-state index is 11.8. The molecule has 0 radical (unpaired) electrons. The van der Waals surface area contributed by atoms with Gasteiger partial charge in [-0.25, -0.2) is 0 Å². The fourth-order valence-electron chi connectivity index (χ4n) is 1.72. The highest BCUT2D eigenvalue weighted by molar-refractivity contribution is 7.12. The van der Waals surface area contributed by atoms with Crippen LogP contribution in [0.25, 0.3) is 0 Å². The van der Waals surface area contributed by atoms with Gasteiger partial charge in [0, 0.05) is 13.0 Å². The third kappa shape index (κ3) is 3.45. The second-order valence-corrected chi connectivity index (χ2v) is 5.29. The second kappa shape index (κ2) is 6.33. The lowest BCUT2D eigenvalue weighted by atomic mass is 10.3. The van der Waals surface area contributed by atoms with Crippen LogP contribution in [0.4, 0.5) is 5.69 Å². The number of amides is 2. The van der Waals surface area contributed by atoms with Crippen LogP contribution in [0.2, 0.25) is 0 Å². The number of aryl methyl sites for hydroxylation is 2. The van der Waals surface area contributed by atoms with Crippen molar-refractivity contribution in [1.82, 2.24) is 15.5 Å². The van der Waals surface area contributed by atoms with Crippen molar-refractivity contribution in [3.63, 3.8) is 0 Å². The Morgan fingerprint density at radius 2 is 2.20 bits per heavy atom. The molecule has 2 aromatic heterocycles. The predicted molar refractivity (Wildman–Crippen MR) is 78.0 cm³/mol. The van der Waals surface area contributed by atoms with Crippen LogP contribution in [0.1, 0.15) is 27.5 Å². The van der Waals surface area contributed by atoms with Gasteiger partial charge in [0.2, 0.25) is 5.91 Å². The van der Waals surface area contributed by atoms with Crippen molar-refractivity contribution in [2.75, 3.05) is 11.9 Å². The Kier molecular flexibility index (Phi) is 4.52. The molecule has 6 nitrogen and oxygen atoms in total. The maximum Gasteiger partial charge on any atom is 0.261 e. The summed E-state index contributed by atoms with van der Waals surface area (Å²) < 4.78 is 0. The first-order valence-corrected chi connectivity index (χ1v) is 7.09. The van der Waals surface area contributed by atoms with Crippen molar-refractivity contribution in [1.29, 1.82) is 0 Å². The lowest BCUT2D eigenvalue weighted by Gasteiger charge is -2.06. The molecule has 0 aliphatic heterocycles. The van der Waals surface area contributed by atoms with Crippen LogP contribution in [0.15, 0.2) is 17.5 Å². The van der Waals surface area contributed by atoms with E-state index in [4.69, 9.17) is 0 Å². The summed E-state index contributed by atoms with van der Waals surface area (Å²) in [5.74, 6) is -0.299. The predicted octanol–water partition coefficient (Wildman–Crippen LogP) is 1.85. The summed E-state index contributed by atoms with van der Waals surface area (Å²) in [6.07, 6.45) is 0.223. The molecule has 20 heavy (non-hydrogen) atoms. The Labute approximate surface area is 120 Å². The Hall–Kier alpha value is -2.15. The SMILES string of the molecule is Cc1n[nH]c(C)c1NC(=O)CCNC(=O)c1cccs1. The maximum atomic E-state index is 11.8. The van der Waals surface area contributed by atoms with Crippen LogP contribution in [0.3, 0.4) is 0 Å². The molecule has 2 amide bonds. The average Bonchev–Trinajstić information content (AvgIpc) is 3.04. The molecule has 0 aliphatic rings. The highest BCUT2D eigenvalue weighted by Crippen LogP contribution is 2.15. The van der Waals surface area contributed by atoms with Gasteiger partial charge in [-0.3, -0.25) is 14.7 Å². The second-order valence-electron chi connectivity index (χ2n) is 4.34. The van der Waals surface area contributed by atoms with E-state index in [1.165, 1.54) is 11.3 Å². The van der Waals surface area contributed by atoms with Crippen molar-refractivity contribution in [3.8, 4) is 0 Å². The molecule has 106 valence electrons. The number of thiophene rings is 1. The zero-order valence-corrected chi connectivity index (χ0v) is 12.1. The third-order valence-corrected chi connectivity index (χ3v) is 3.64. The van der Waals surface area contributed by atoms with Gasteiger partial charge in [-0.15, -0.1) is 11.3 Å². The monoisotopic (exact) mass is 292 g/mol. The van der Waals surface area contributed by atoms with Crippen LogP contribution < -0.4 is 10.6 Å². The highest BCUT2D eigenvalue weighted by Gasteiger charge is 2.11. The smallest absolute Gasteiger partial charge is 0.261 e. The number of rotatable bonds is 5. The normalized spacial score (nSPS) is 10.3. The standard InChI is InChI=1S/C13H16N4O2S/c1-8-12(9(2)17-16-8)15-11(18)5-6-14-13(19)10-4-3-7-20-10/h3-4,7H,5-6H2,1-2H3,(H,14,19)(H,15,18)(H,16,17). The van der Waals surface area contributed by atoms with E-state index in [9.17, 15) is 9.59 Å². The molecule has 0 saturated carbocycles. The van der Waals surface area contributed by atoms with E-state index in [1.54, 1.807) is 6.07 Å². The van der Waals surface area contributed by atoms with E-state index in [0.717, 1.165) is 11.4 Å². The van der Waals surface area contributed by atoms with Crippen LogP contribution in [-0.2, 0) is 4.79 Å². The average molecular weight is 292 g/mol. The number of aromatic nitrogens is 2. The van der Waals surface area contributed by atoms with E-state index < -0.39 is 0 Å². The minimum Gasteiger partial charge on any atom is -0.351 e. The Morgan fingerprint density at radius 1 is 1.40 bits per heavy atom. The zero-order chi connectivity index (χ0) is 14.5. The molecule has 0 unspecified atom stereocenters. The van der Waals surface area contributed by atoms with E-state index in [1.807, 2.05) is 25.3 Å². The van der Waals surface area contributed by atoms with Crippen LogP contribution in [0.5, 0.6) is 0 Å². The van der Waals surface area contributed by atoms with Crippen molar-refractivity contribution in [2.45, 2.75) is 20.3 Å². The Morgan fingerprint density at radius 3 is 2.80 bits per heavy atom. The molecule has 0 fully saturated rings. The van der Waals surface area contributed by atoms with Crippen LogP contribution >= 0.6 is 11.3 Å². The molecule has 0 atom stereocenters. The third-order valence-electron chi connectivity index (χ3n) is 2.78. The molecule has 0 aromatic carbocycles. The van der Waals surface area contributed by atoms with Crippen molar-refractivity contribution < 1.29 is 9.59 Å². The van der Waals surface area contributed by atoms with Gasteiger partial charge in [-0.1, -0.05) is 6.07 Å². The lowest BCUT2D eigenvalue weighted by molar-refractivity contribution is -0.116. The molecular formula is C13H16N4O2S. The Bertz CT molecular complexity index is 584. The van der Waals surface area contributed by atoms with Crippen molar-refractivity contribution >= 4 is 28.8 Å². The van der Waals surface area contributed by atoms with Gasteiger partial charge in [-0.2, -0.15) is 5.10 Å². The van der Waals surface area contributed by atoms with Crippen molar-refractivity contribution in [3.05, 3.63) is 33.8 Å². The fourth-order valence-corrected chi connectivity index (χ4v) is 2.36. The van der Waals surface area contributed by atoms with Gasteiger partial charge in [0.25, 0.3) is 5.91 Å². The van der Waals surface area contributed by atoms with E-state index in [2.05, 4.69) is 20.8 Å². The van der Waals surface area contributed by atoms with Gasteiger partial charge in [-0.05, 0) is 25.3 Å². The van der Waals surface area contributed by atoms with E-state index in [0.29, 0.717) is 17.1 Å². The number of nitrogens with one attached hydrogen (secondary N) is 3. The number of carbonyl (C=O) groups is 2. The largest absolute Gasteiger partial charge is 0.351 e. The van der Waals surface area contributed by atoms with Gasteiger partial charge >= 0.3 is 0 Å². The van der Waals surface area contributed by atoms with Gasteiger partial charge in [0.1, 0.15) is 0 Å². The number of hydrogen-bond acceptors (Lipinski definition) is 4. The lowest BCUT2D eigenvalue weighted by Crippen LogP contribution is -2.27. The fraction of sp³-hybridized carbons (Fsp3) is 0.308. The van der Waals surface area contributed by atoms with Crippen LogP contribution in [0, 0.1) is 13.8 Å². The number of carbonyl (C=O) groups excluding carboxylic acids is 2. The molecule has 2 rings (SSSR count). The molecule has 2 heterocycles. The Balaban J connectivity index is 1.77. The minimum absolute atomic E-state index is 0.149. The van der Waals surface area contributed by atoms with Gasteiger partial charge < -0.3 is 10.6 Å². The number of H-pyrrole nitrogens is 1. The highest BCUT2D eigenvalue weighted by atomic mass is 32.1. The summed E-state index contributed by atoms with van der Waals surface area (Å²) in [6, 6.07) is 3.56. The zero-order valence-electron chi connectivity index (χ0n) is 11.3. The number of anilines is 1. The number of aromatic amines is 1. The topological polar surface area (TPSA) is 86.9 Å². The molecule has 0 aliphatic carbocycles. The molecule has 2 aromatic rings. The minimum atomic E-state index is -0.150. The summed E-state index contributed by atoms with van der Waals surface area (Å²) in [6.45, 7) is 3.96. The molecule has 0 bridgehead atoms. The molecule has 0 spiro atoms. The van der Waals surface area contributed by atoms with Gasteiger partial charge in [0.05, 0.1) is 22.0 Å². The van der Waals surface area contributed by atoms with E-state index >= 15 is 0 Å². The first kappa shape index (κ1) is 14.3. The van der Waals surface area contributed by atoms with Crippen molar-refractivity contribution in [2.24, 2.45) is 0 Å². The molecule has 7 heteroatoms. The summed E-state index contributed by atoms with van der Waals surface area (Å²) in [5.41, 5.74) is 2.27. The summed E-state index contributed by atoms with van der Waals surface area (Å²) in [4.78, 5) is 24.1. The number of hydrogen-bond donors (Lipinski definition) is 3. The van der Waals surface area contributed by atoms with Crippen LogP contribution in [-0.4, -0.2) is 28.6 Å². The quantitative estimate of drug-likeness (QED) is 0.786. The van der Waals surface area contributed by atoms with E-state index in [-0.39, 0.29) is 18.2 Å². The summed E-state index contributed by atoms with van der Waals surface area (Å²) in [7, 11) is 0. The van der Waals surface area contributed by atoms with Gasteiger partial charge in [0.15, 0.2) is 0 Å².